The second-order valence-electron chi connectivity index (χ2n) is 11.3. The van der Waals surface area contributed by atoms with Crippen molar-refractivity contribution in [1.29, 1.82) is 0 Å². The Morgan fingerprint density at radius 1 is 0.619 bits per heavy atom. The van der Waals surface area contributed by atoms with Gasteiger partial charge in [0, 0.05) is 5.56 Å². The van der Waals surface area contributed by atoms with Gasteiger partial charge in [-0.1, -0.05) is 87.2 Å². The summed E-state index contributed by atoms with van der Waals surface area (Å²) < 4.78 is 77.1. The van der Waals surface area contributed by atoms with Gasteiger partial charge in [0.25, 0.3) is 0 Å². The largest absolute Gasteiger partial charge is 0.432 e. The molecule has 0 N–H and O–H groups in total. The van der Waals surface area contributed by atoms with Crippen LogP contribution in [0.3, 0.4) is 0 Å². The molecule has 0 atom stereocenters. The average molecular weight is 579 g/mol. The Bertz CT molecular complexity index is 1470. The van der Waals surface area contributed by atoms with Crippen molar-refractivity contribution in [3.8, 4) is 39.1 Å². The Hall–Kier alpha value is -3.67. The second kappa shape index (κ2) is 13.1. The van der Waals surface area contributed by atoms with E-state index < -0.39 is 29.5 Å². The van der Waals surface area contributed by atoms with Gasteiger partial charge in [0.1, 0.15) is 11.6 Å². The van der Waals surface area contributed by atoms with Gasteiger partial charge in [-0.15, -0.1) is 0 Å². The number of hydrogen-bond acceptors (Lipinski definition) is 1. The number of unbranched alkanes of at least 4 members (excludes halogenated alkanes) is 2. The molecule has 42 heavy (non-hydrogen) atoms. The van der Waals surface area contributed by atoms with Crippen LogP contribution in [0.1, 0.15) is 58.3 Å². The molecule has 0 amide bonds. The molecule has 4 aromatic carbocycles. The number of benzene rings is 4. The molecule has 5 rings (SSSR count). The van der Waals surface area contributed by atoms with E-state index in [2.05, 4.69) is 6.92 Å². The molecule has 0 spiro atoms. The van der Waals surface area contributed by atoms with Gasteiger partial charge < -0.3 is 4.74 Å². The number of halogens is 5. The Labute approximate surface area is 244 Å². The maximum atomic E-state index is 15.1. The maximum absolute atomic E-state index is 15.1. The van der Waals surface area contributed by atoms with Crippen LogP contribution in [0.15, 0.2) is 84.9 Å². The van der Waals surface area contributed by atoms with E-state index >= 15 is 4.39 Å². The molecule has 1 saturated carbocycles. The summed E-state index contributed by atoms with van der Waals surface area (Å²) in [5.41, 5.74) is 3.50. The summed E-state index contributed by atoms with van der Waals surface area (Å²) in [6.45, 7) is 2.17. The van der Waals surface area contributed by atoms with E-state index in [4.69, 9.17) is 4.74 Å². The highest BCUT2D eigenvalue weighted by atomic mass is 19.3. The van der Waals surface area contributed by atoms with Crippen LogP contribution < -0.4 is 4.74 Å². The summed E-state index contributed by atoms with van der Waals surface area (Å²) in [5, 5.41) is 0. The minimum absolute atomic E-state index is 0.0898. The monoisotopic (exact) mass is 578 g/mol. The summed E-state index contributed by atoms with van der Waals surface area (Å²) in [6.07, 6.45) is 4.03. The molecule has 1 aliphatic carbocycles. The van der Waals surface area contributed by atoms with Crippen molar-refractivity contribution in [2.24, 2.45) is 11.8 Å². The summed E-state index contributed by atoms with van der Waals surface area (Å²) in [6, 6.07) is 21.7. The van der Waals surface area contributed by atoms with E-state index in [1.165, 1.54) is 43.5 Å². The minimum Gasteiger partial charge on any atom is -0.432 e. The van der Waals surface area contributed by atoms with Crippen LogP contribution in [0.25, 0.3) is 33.4 Å². The van der Waals surface area contributed by atoms with Crippen LogP contribution in [0.5, 0.6) is 5.75 Å². The molecule has 0 radical (unpaired) electrons. The number of rotatable bonds is 10. The highest BCUT2D eigenvalue weighted by molar-refractivity contribution is 5.74. The Balaban J connectivity index is 1.21. The van der Waals surface area contributed by atoms with E-state index in [1.54, 1.807) is 48.5 Å². The molecule has 1 fully saturated rings. The summed E-state index contributed by atoms with van der Waals surface area (Å²) in [4.78, 5) is 0. The Kier molecular flexibility index (Phi) is 9.30. The van der Waals surface area contributed by atoms with Crippen molar-refractivity contribution >= 4 is 0 Å². The molecule has 6 heteroatoms. The lowest BCUT2D eigenvalue weighted by Crippen LogP contribution is -2.37. The zero-order chi connectivity index (χ0) is 29.7. The normalized spacial score (nSPS) is 17.3. The molecular weight excluding hydrogens is 543 g/mol. The first-order valence-corrected chi connectivity index (χ1v) is 14.8. The third-order valence-electron chi connectivity index (χ3n) is 8.40. The van der Waals surface area contributed by atoms with Gasteiger partial charge in [-0.3, -0.25) is 0 Å². The van der Waals surface area contributed by atoms with Crippen LogP contribution >= 0.6 is 0 Å². The van der Waals surface area contributed by atoms with Gasteiger partial charge in [0.05, 0.1) is 5.92 Å². The van der Waals surface area contributed by atoms with E-state index in [0.717, 1.165) is 31.4 Å². The van der Waals surface area contributed by atoms with Gasteiger partial charge in [-0.25, -0.2) is 13.2 Å². The highest BCUT2D eigenvalue weighted by Gasteiger charge is 2.43. The summed E-state index contributed by atoms with van der Waals surface area (Å²) in [5.74, 6) is -2.43. The Morgan fingerprint density at radius 2 is 1.17 bits per heavy atom. The van der Waals surface area contributed by atoms with Gasteiger partial charge in [0.2, 0.25) is 0 Å². The molecular formula is C36H35F5O. The van der Waals surface area contributed by atoms with Gasteiger partial charge in [0.15, 0.2) is 11.6 Å². The summed E-state index contributed by atoms with van der Waals surface area (Å²) >= 11 is 0. The SMILES string of the molecule is CCCCCC1CCC(C(F)(F)Oc2ccc(-c3ccc(-c4ccc(-c5ccc(F)c(F)c5)cc4)c(F)c3)cc2)CC1. The molecule has 0 saturated heterocycles. The van der Waals surface area contributed by atoms with Gasteiger partial charge in [-0.05, 0) is 89.8 Å². The lowest BCUT2D eigenvalue weighted by atomic mass is 9.79. The van der Waals surface area contributed by atoms with Crippen molar-refractivity contribution in [2.45, 2.75) is 64.4 Å². The molecule has 0 bridgehead atoms. The van der Waals surface area contributed by atoms with Crippen molar-refractivity contribution in [3.05, 3.63) is 102 Å². The lowest BCUT2D eigenvalue weighted by Gasteiger charge is -2.33. The number of ether oxygens (including phenoxy) is 1. The molecule has 1 aliphatic rings. The van der Waals surface area contributed by atoms with E-state index in [9.17, 15) is 17.6 Å². The topological polar surface area (TPSA) is 9.23 Å². The minimum atomic E-state index is -3.23. The van der Waals surface area contributed by atoms with E-state index in [0.29, 0.717) is 52.1 Å². The fourth-order valence-corrected chi connectivity index (χ4v) is 5.87. The first-order chi connectivity index (χ1) is 20.2. The zero-order valence-electron chi connectivity index (χ0n) is 23.7. The first-order valence-electron chi connectivity index (χ1n) is 14.8. The van der Waals surface area contributed by atoms with Crippen LogP contribution in [0, 0.1) is 29.3 Å². The smallest absolute Gasteiger partial charge is 0.400 e. The molecule has 0 heterocycles. The molecule has 0 aliphatic heterocycles. The van der Waals surface area contributed by atoms with E-state index in [-0.39, 0.29) is 5.75 Å². The zero-order valence-corrected chi connectivity index (χ0v) is 23.7. The van der Waals surface area contributed by atoms with Crippen molar-refractivity contribution < 1.29 is 26.7 Å². The lowest BCUT2D eigenvalue weighted by molar-refractivity contribution is -0.223. The second-order valence-corrected chi connectivity index (χ2v) is 11.3. The predicted molar refractivity (Wildman–Crippen MR) is 158 cm³/mol. The van der Waals surface area contributed by atoms with Crippen molar-refractivity contribution in [1.82, 2.24) is 0 Å². The summed E-state index contributed by atoms with van der Waals surface area (Å²) in [7, 11) is 0. The predicted octanol–water partition coefficient (Wildman–Crippen LogP) is 11.5. The van der Waals surface area contributed by atoms with Gasteiger partial charge >= 0.3 is 6.11 Å². The van der Waals surface area contributed by atoms with Crippen molar-refractivity contribution in [2.75, 3.05) is 0 Å². The molecule has 220 valence electrons. The average Bonchev–Trinajstić information content (AvgIpc) is 2.99. The van der Waals surface area contributed by atoms with Crippen molar-refractivity contribution in [3.63, 3.8) is 0 Å². The highest BCUT2D eigenvalue weighted by Crippen LogP contribution is 2.41. The molecule has 1 nitrogen and oxygen atoms in total. The third-order valence-corrected chi connectivity index (χ3v) is 8.40. The first kappa shape index (κ1) is 29.8. The molecule has 4 aromatic rings. The Morgan fingerprint density at radius 3 is 1.76 bits per heavy atom. The van der Waals surface area contributed by atoms with Crippen LogP contribution in [0.4, 0.5) is 22.0 Å². The fraction of sp³-hybridized carbons (Fsp3) is 0.333. The maximum Gasteiger partial charge on any atom is 0.400 e. The van der Waals surface area contributed by atoms with Gasteiger partial charge in [-0.2, -0.15) is 8.78 Å². The standard InChI is InChI=1S/C36H35F5O/c1-2-3-4-5-24-6-16-30(17-7-24)36(40,41)42-31-18-12-26(13-19-31)28-14-20-32(34(38)22-28)27-10-8-25(9-11-27)29-15-21-33(37)35(39)23-29/h8-15,18-24,30H,2-7,16-17H2,1H3. The van der Waals surface area contributed by atoms with Crippen LogP contribution in [-0.4, -0.2) is 6.11 Å². The number of hydrogen-bond donors (Lipinski definition) is 0. The quantitative estimate of drug-likeness (QED) is 0.134. The third kappa shape index (κ3) is 7.03. The van der Waals surface area contributed by atoms with Crippen LogP contribution in [-0.2, 0) is 0 Å². The fourth-order valence-electron chi connectivity index (χ4n) is 5.87. The van der Waals surface area contributed by atoms with E-state index in [1.807, 2.05) is 0 Å². The van der Waals surface area contributed by atoms with Crippen LogP contribution in [0.2, 0.25) is 0 Å². The molecule has 0 aromatic heterocycles. The molecule has 0 unspecified atom stereocenters. The number of alkyl halides is 2.